The summed E-state index contributed by atoms with van der Waals surface area (Å²) in [6, 6.07) is 8.36. The molecular formula is C14H13FN2O3. The van der Waals surface area contributed by atoms with Crippen molar-refractivity contribution in [2.24, 2.45) is 0 Å². The van der Waals surface area contributed by atoms with Crippen molar-refractivity contribution in [3.05, 3.63) is 47.8 Å². The van der Waals surface area contributed by atoms with Crippen LogP contribution in [0.2, 0.25) is 0 Å². The van der Waals surface area contributed by atoms with Crippen molar-refractivity contribution in [1.29, 1.82) is 0 Å². The smallest absolute Gasteiger partial charge is 0.335 e. The molecule has 20 heavy (non-hydrogen) atoms. The van der Waals surface area contributed by atoms with Crippen LogP contribution in [-0.4, -0.2) is 18.2 Å². The molecule has 6 heteroatoms. The molecule has 0 aliphatic carbocycles. The number of benzene rings is 2. The highest BCUT2D eigenvalue weighted by Crippen LogP contribution is 2.31. The molecule has 0 spiro atoms. The van der Waals surface area contributed by atoms with Gasteiger partial charge in [-0.05, 0) is 30.3 Å². The van der Waals surface area contributed by atoms with Crippen molar-refractivity contribution in [2.45, 2.75) is 0 Å². The normalized spacial score (nSPS) is 10.1. The number of rotatable bonds is 4. The molecule has 5 nitrogen and oxygen atoms in total. The summed E-state index contributed by atoms with van der Waals surface area (Å²) in [7, 11) is 1.43. The van der Waals surface area contributed by atoms with Gasteiger partial charge in [-0.25, -0.2) is 9.18 Å². The summed E-state index contributed by atoms with van der Waals surface area (Å²) < 4.78 is 18.2. The number of carbonyl (C=O) groups is 1. The first-order valence-electron chi connectivity index (χ1n) is 5.74. The van der Waals surface area contributed by atoms with Gasteiger partial charge in [-0.2, -0.15) is 0 Å². The Morgan fingerprint density at radius 1 is 1.25 bits per heavy atom. The van der Waals surface area contributed by atoms with Crippen LogP contribution < -0.4 is 15.8 Å². The molecule has 0 saturated carbocycles. The quantitative estimate of drug-likeness (QED) is 0.748. The van der Waals surface area contributed by atoms with Crippen LogP contribution >= 0.6 is 0 Å². The Bertz CT molecular complexity index is 659. The molecule has 0 aliphatic heterocycles. The molecule has 2 aromatic rings. The Morgan fingerprint density at radius 2 is 1.95 bits per heavy atom. The van der Waals surface area contributed by atoms with Crippen LogP contribution in [0.4, 0.5) is 21.5 Å². The van der Waals surface area contributed by atoms with Crippen molar-refractivity contribution < 1.29 is 19.0 Å². The summed E-state index contributed by atoms with van der Waals surface area (Å²) in [6.07, 6.45) is 0. The molecule has 0 atom stereocenters. The van der Waals surface area contributed by atoms with E-state index < -0.39 is 11.8 Å². The maximum absolute atomic E-state index is 13.1. The number of ether oxygens (including phenoxy) is 1. The number of halogens is 1. The summed E-state index contributed by atoms with van der Waals surface area (Å²) in [5.74, 6) is -1.14. The van der Waals surface area contributed by atoms with E-state index in [9.17, 15) is 9.18 Å². The van der Waals surface area contributed by atoms with E-state index in [1.165, 1.54) is 37.4 Å². The molecule has 0 bridgehead atoms. The standard InChI is InChI=1S/C14H13FN2O3/c1-20-13-7-9(15)3-5-12(13)17-11-4-2-8(14(18)19)6-10(11)16/h2-7,17H,16H2,1H3,(H,18,19). The van der Waals surface area contributed by atoms with Gasteiger partial charge in [-0.15, -0.1) is 0 Å². The number of hydrogen-bond acceptors (Lipinski definition) is 4. The first-order valence-corrected chi connectivity index (χ1v) is 5.74. The molecule has 0 saturated heterocycles. The highest BCUT2D eigenvalue weighted by Gasteiger charge is 2.09. The number of nitrogens with two attached hydrogens (primary N) is 1. The van der Waals surface area contributed by atoms with E-state index >= 15 is 0 Å². The molecule has 4 N–H and O–H groups in total. The maximum Gasteiger partial charge on any atom is 0.335 e. The van der Waals surface area contributed by atoms with E-state index in [4.69, 9.17) is 15.6 Å². The molecule has 2 rings (SSSR count). The predicted molar refractivity (Wildman–Crippen MR) is 74.0 cm³/mol. The lowest BCUT2D eigenvalue weighted by atomic mass is 10.1. The van der Waals surface area contributed by atoms with Gasteiger partial charge in [-0.3, -0.25) is 0 Å². The first-order chi connectivity index (χ1) is 9.51. The van der Waals surface area contributed by atoms with Crippen LogP contribution in [0.3, 0.4) is 0 Å². The van der Waals surface area contributed by atoms with Gasteiger partial charge in [0.1, 0.15) is 11.6 Å². The van der Waals surface area contributed by atoms with Gasteiger partial charge in [0, 0.05) is 6.07 Å². The molecule has 0 aromatic heterocycles. The Balaban J connectivity index is 2.33. The van der Waals surface area contributed by atoms with Gasteiger partial charge < -0.3 is 20.9 Å². The second-order valence-corrected chi connectivity index (χ2v) is 4.08. The zero-order valence-electron chi connectivity index (χ0n) is 10.7. The van der Waals surface area contributed by atoms with Crippen LogP contribution in [0, 0.1) is 5.82 Å². The van der Waals surface area contributed by atoms with E-state index in [1.807, 2.05) is 0 Å². The van der Waals surface area contributed by atoms with E-state index in [0.717, 1.165) is 0 Å². The van der Waals surface area contributed by atoms with Gasteiger partial charge >= 0.3 is 5.97 Å². The van der Waals surface area contributed by atoms with Gasteiger partial charge in [0.2, 0.25) is 0 Å². The predicted octanol–water partition coefficient (Wildman–Crippen LogP) is 2.86. The number of carboxylic acids is 1. The lowest BCUT2D eigenvalue weighted by Crippen LogP contribution is -2.02. The molecule has 0 heterocycles. The van der Waals surface area contributed by atoms with Crippen LogP contribution in [-0.2, 0) is 0 Å². The molecule has 0 fully saturated rings. The summed E-state index contributed by atoms with van der Waals surface area (Å²) in [5.41, 5.74) is 7.20. The van der Waals surface area contributed by atoms with E-state index in [1.54, 1.807) is 6.07 Å². The Morgan fingerprint density at radius 3 is 2.55 bits per heavy atom. The number of aromatic carboxylic acids is 1. The fraction of sp³-hybridized carbons (Fsp3) is 0.0714. The number of methoxy groups -OCH3 is 1. The third-order valence-electron chi connectivity index (χ3n) is 2.73. The third kappa shape index (κ3) is 2.80. The van der Waals surface area contributed by atoms with Gasteiger partial charge in [0.05, 0.1) is 29.7 Å². The van der Waals surface area contributed by atoms with Crippen molar-refractivity contribution in [3.63, 3.8) is 0 Å². The molecule has 0 amide bonds. The Kier molecular flexibility index (Phi) is 3.74. The van der Waals surface area contributed by atoms with Crippen LogP contribution in [0.5, 0.6) is 5.75 Å². The fourth-order valence-corrected chi connectivity index (χ4v) is 1.72. The van der Waals surface area contributed by atoms with E-state index in [0.29, 0.717) is 17.1 Å². The highest BCUT2D eigenvalue weighted by atomic mass is 19.1. The van der Waals surface area contributed by atoms with Gasteiger partial charge in [0.15, 0.2) is 0 Å². The lowest BCUT2D eigenvalue weighted by molar-refractivity contribution is 0.0697. The fourth-order valence-electron chi connectivity index (χ4n) is 1.72. The Labute approximate surface area is 114 Å². The van der Waals surface area contributed by atoms with Crippen molar-refractivity contribution in [3.8, 4) is 5.75 Å². The topological polar surface area (TPSA) is 84.6 Å². The SMILES string of the molecule is COc1cc(F)ccc1Nc1ccc(C(=O)O)cc1N. The van der Waals surface area contributed by atoms with E-state index in [2.05, 4.69) is 5.32 Å². The van der Waals surface area contributed by atoms with Gasteiger partial charge in [0.25, 0.3) is 0 Å². The third-order valence-corrected chi connectivity index (χ3v) is 2.73. The number of carboxylic acid groups (broad SMARTS) is 1. The molecule has 0 unspecified atom stereocenters. The maximum atomic E-state index is 13.1. The average molecular weight is 276 g/mol. The summed E-state index contributed by atoms with van der Waals surface area (Å²) >= 11 is 0. The second kappa shape index (κ2) is 5.48. The summed E-state index contributed by atoms with van der Waals surface area (Å²) in [4.78, 5) is 10.8. The molecule has 2 aromatic carbocycles. The molecule has 104 valence electrons. The minimum absolute atomic E-state index is 0.0964. The number of hydrogen-bond donors (Lipinski definition) is 3. The lowest BCUT2D eigenvalue weighted by Gasteiger charge is -2.13. The van der Waals surface area contributed by atoms with Crippen molar-refractivity contribution >= 4 is 23.0 Å². The molecule has 0 radical (unpaired) electrons. The Hall–Kier alpha value is -2.76. The van der Waals surface area contributed by atoms with E-state index in [-0.39, 0.29) is 11.3 Å². The molecule has 0 aliphatic rings. The minimum atomic E-state index is -1.05. The second-order valence-electron chi connectivity index (χ2n) is 4.08. The van der Waals surface area contributed by atoms with Crippen LogP contribution in [0.25, 0.3) is 0 Å². The minimum Gasteiger partial charge on any atom is -0.494 e. The number of nitrogens with one attached hydrogen (secondary N) is 1. The number of anilines is 3. The van der Waals surface area contributed by atoms with Gasteiger partial charge in [-0.1, -0.05) is 0 Å². The van der Waals surface area contributed by atoms with Crippen molar-refractivity contribution in [1.82, 2.24) is 0 Å². The molecular weight excluding hydrogens is 263 g/mol. The van der Waals surface area contributed by atoms with Crippen LogP contribution in [0.1, 0.15) is 10.4 Å². The number of nitrogen functional groups attached to an aromatic ring is 1. The highest BCUT2D eigenvalue weighted by molar-refractivity contribution is 5.91. The first kappa shape index (κ1) is 13.7. The largest absolute Gasteiger partial charge is 0.494 e. The average Bonchev–Trinajstić information content (AvgIpc) is 2.42. The summed E-state index contributed by atoms with van der Waals surface area (Å²) in [6.45, 7) is 0. The zero-order valence-corrected chi connectivity index (χ0v) is 10.7. The summed E-state index contributed by atoms with van der Waals surface area (Å²) in [5, 5.41) is 11.8. The monoisotopic (exact) mass is 276 g/mol. The van der Waals surface area contributed by atoms with Crippen LogP contribution in [0.15, 0.2) is 36.4 Å². The zero-order chi connectivity index (χ0) is 14.7. The van der Waals surface area contributed by atoms with Crippen molar-refractivity contribution in [2.75, 3.05) is 18.2 Å².